The summed E-state index contributed by atoms with van der Waals surface area (Å²) in [5.41, 5.74) is 7.42. The first-order chi connectivity index (χ1) is 18.7. The number of allylic oxidation sites excluding steroid dienone is 2. The number of aliphatic hydroxyl groups is 1. The molecule has 40 heavy (non-hydrogen) atoms. The molecule has 1 N–H and O–H groups in total. The quantitative estimate of drug-likeness (QED) is 0.108. The molecule has 0 amide bonds. The second-order valence-corrected chi connectivity index (χ2v) is 10.8. The smallest absolute Gasteiger partial charge is 0.159 e. The number of carbonyl (C=O) groups excluding carboxylic acids is 1. The van der Waals surface area contributed by atoms with Gasteiger partial charge in [-0.25, -0.2) is 0 Å². The van der Waals surface area contributed by atoms with Crippen LogP contribution >= 0.6 is 0 Å². The van der Waals surface area contributed by atoms with Crippen molar-refractivity contribution >= 4 is 5.78 Å². The third kappa shape index (κ3) is 8.00. The number of rotatable bonds is 6. The van der Waals surface area contributed by atoms with Crippen LogP contribution in [0, 0.1) is 24.8 Å². The fourth-order valence-corrected chi connectivity index (χ4v) is 4.56. The third-order valence-electron chi connectivity index (χ3n) is 6.25. The Bertz CT molecular complexity index is 1490. The Morgan fingerprint density at radius 1 is 0.900 bits per heavy atom. The van der Waals surface area contributed by atoms with Gasteiger partial charge >= 0.3 is 0 Å². The number of hydrogen-bond acceptors (Lipinski definition) is 4. The summed E-state index contributed by atoms with van der Waals surface area (Å²) in [6, 6.07) is 27.9. The molecule has 0 atom stereocenters. The van der Waals surface area contributed by atoms with Crippen LogP contribution in [0.1, 0.15) is 46.1 Å². The van der Waals surface area contributed by atoms with Crippen LogP contribution in [0.4, 0.5) is 0 Å². The van der Waals surface area contributed by atoms with Crippen molar-refractivity contribution in [1.29, 1.82) is 0 Å². The number of para-hydroxylation sites is 1. The molecule has 1 radical (unpaired) electrons. The van der Waals surface area contributed by atoms with Gasteiger partial charge in [-0.15, -0.1) is 24.3 Å². The van der Waals surface area contributed by atoms with Crippen LogP contribution in [0.3, 0.4) is 0 Å². The maximum absolute atomic E-state index is 11.2. The van der Waals surface area contributed by atoms with E-state index in [1.54, 1.807) is 0 Å². The summed E-state index contributed by atoms with van der Waals surface area (Å²) in [6.07, 6.45) is 4.40. The minimum atomic E-state index is 0. The van der Waals surface area contributed by atoms with Crippen molar-refractivity contribution < 1.29 is 34.7 Å². The SMILES string of the molecule is CC(C)CC(=O)C=C(O)CC(C)C.Cc1cccc(-c2cnc3c(c2)-c2ccccc2Oc2ccc[c-]c2-3)c1.[Ir]. The molecule has 1 aliphatic heterocycles. The normalized spacial score (nSPS) is 11.6. The van der Waals surface area contributed by atoms with Crippen molar-refractivity contribution in [2.45, 2.75) is 47.5 Å². The van der Waals surface area contributed by atoms with E-state index in [0.29, 0.717) is 24.7 Å². The number of hydrogen-bond donors (Lipinski definition) is 1. The number of nitrogens with zero attached hydrogens (tertiary/aromatic N) is 1. The maximum Gasteiger partial charge on any atom is 0.159 e. The fourth-order valence-electron chi connectivity index (χ4n) is 4.56. The van der Waals surface area contributed by atoms with Gasteiger partial charge in [0, 0.05) is 56.5 Å². The molecule has 0 unspecified atom stereocenters. The van der Waals surface area contributed by atoms with Crippen LogP contribution in [0.15, 0.2) is 90.8 Å². The first-order valence-corrected chi connectivity index (χ1v) is 13.5. The van der Waals surface area contributed by atoms with Crippen molar-refractivity contribution in [1.82, 2.24) is 4.98 Å². The first kappa shape index (κ1) is 31.0. The van der Waals surface area contributed by atoms with Gasteiger partial charge < -0.3 is 14.8 Å². The van der Waals surface area contributed by atoms with E-state index in [1.807, 2.05) is 70.3 Å². The van der Waals surface area contributed by atoms with E-state index in [0.717, 1.165) is 39.4 Å². The molecule has 0 saturated heterocycles. The topological polar surface area (TPSA) is 59.4 Å². The summed E-state index contributed by atoms with van der Waals surface area (Å²) in [5.74, 6) is 2.61. The zero-order chi connectivity index (χ0) is 27.9. The number of fused-ring (bicyclic) bond motifs is 5. The number of aryl methyl sites for hydroxylation is 1. The van der Waals surface area contributed by atoms with Crippen molar-refractivity contribution in [3.63, 3.8) is 0 Å². The van der Waals surface area contributed by atoms with Crippen LogP contribution in [0.25, 0.3) is 33.5 Å². The summed E-state index contributed by atoms with van der Waals surface area (Å²) in [4.78, 5) is 16.0. The Hall–Kier alpha value is -3.53. The summed E-state index contributed by atoms with van der Waals surface area (Å²) in [6.45, 7) is 10.1. The van der Waals surface area contributed by atoms with Crippen LogP contribution in [-0.2, 0) is 24.9 Å². The second kappa shape index (κ2) is 14.2. The zero-order valence-corrected chi connectivity index (χ0v) is 26.1. The molecule has 0 bridgehead atoms. The zero-order valence-electron chi connectivity index (χ0n) is 23.7. The van der Waals surface area contributed by atoms with Gasteiger partial charge in [-0.05, 0) is 47.2 Å². The Morgan fingerprint density at radius 3 is 2.35 bits per heavy atom. The van der Waals surface area contributed by atoms with Crippen LogP contribution in [0.2, 0.25) is 0 Å². The van der Waals surface area contributed by atoms with E-state index in [2.05, 4.69) is 49.4 Å². The molecule has 1 aromatic heterocycles. The molecule has 4 nitrogen and oxygen atoms in total. The standard InChI is InChI=1S/C24H16NO.C11H20O2.Ir/c1-16-7-6-8-17(13-16)18-14-21-19-9-2-4-11-22(19)26-23-12-5-3-10-20(23)24(21)25-15-18;1-8(2)5-10(12)7-11(13)6-9(3)4;/h2-9,11-15H,1H3;7-9,12H,5-6H2,1-4H3;/q-1;;. The van der Waals surface area contributed by atoms with Crippen molar-refractivity contribution in [2.75, 3.05) is 0 Å². The number of ether oxygens (including phenoxy) is 1. The molecule has 3 aromatic carbocycles. The average molecular weight is 711 g/mol. The van der Waals surface area contributed by atoms with E-state index in [4.69, 9.17) is 9.72 Å². The Kier molecular flexibility index (Phi) is 11.0. The maximum atomic E-state index is 11.2. The molecule has 4 aromatic rings. The Labute approximate surface area is 251 Å². The van der Waals surface area contributed by atoms with Gasteiger partial charge in [0.25, 0.3) is 0 Å². The first-order valence-electron chi connectivity index (χ1n) is 13.5. The number of aliphatic hydroxyl groups excluding tert-OH is 1. The molecule has 0 spiro atoms. The van der Waals surface area contributed by atoms with Crippen LogP contribution < -0.4 is 4.74 Å². The van der Waals surface area contributed by atoms with Gasteiger partial charge in [0.15, 0.2) is 5.78 Å². The van der Waals surface area contributed by atoms with Gasteiger partial charge in [-0.3, -0.25) is 4.79 Å². The number of pyridine rings is 1. The summed E-state index contributed by atoms with van der Waals surface area (Å²) in [5, 5.41) is 9.34. The summed E-state index contributed by atoms with van der Waals surface area (Å²) >= 11 is 0. The molecular weight excluding hydrogens is 675 g/mol. The minimum absolute atomic E-state index is 0. The Morgan fingerprint density at radius 2 is 1.62 bits per heavy atom. The van der Waals surface area contributed by atoms with Gasteiger partial charge in [-0.2, -0.15) is 0 Å². The number of carbonyl (C=O) groups is 1. The van der Waals surface area contributed by atoms with Gasteiger partial charge in [0.05, 0.1) is 5.76 Å². The van der Waals surface area contributed by atoms with E-state index in [-0.39, 0.29) is 31.6 Å². The number of ketones is 1. The van der Waals surface area contributed by atoms with Crippen molar-refractivity contribution in [3.05, 3.63) is 102 Å². The van der Waals surface area contributed by atoms with Gasteiger partial charge in [0.1, 0.15) is 5.75 Å². The molecule has 209 valence electrons. The summed E-state index contributed by atoms with van der Waals surface area (Å²) < 4.78 is 6.18. The molecule has 0 aliphatic carbocycles. The van der Waals surface area contributed by atoms with E-state index >= 15 is 0 Å². The van der Waals surface area contributed by atoms with Crippen LogP contribution in [-0.4, -0.2) is 15.9 Å². The summed E-state index contributed by atoms with van der Waals surface area (Å²) in [7, 11) is 0. The minimum Gasteiger partial charge on any atom is -0.512 e. The van der Waals surface area contributed by atoms with Gasteiger partial charge in [-0.1, -0.05) is 87.4 Å². The largest absolute Gasteiger partial charge is 0.512 e. The van der Waals surface area contributed by atoms with Crippen molar-refractivity contribution in [2.24, 2.45) is 11.8 Å². The predicted octanol–water partition coefficient (Wildman–Crippen LogP) is 9.38. The fraction of sp³-hybridized carbons (Fsp3) is 0.257. The molecule has 0 saturated carbocycles. The molecule has 5 rings (SSSR count). The van der Waals surface area contributed by atoms with E-state index < -0.39 is 0 Å². The van der Waals surface area contributed by atoms with E-state index in [1.165, 1.54) is 17.2 Å². The predicted molar refractivity (Wildman–Crippen MR) is 159 cm³/mol. The number of benzene rings is 3. The molecular formula is C35H36IrNO3-. The van der Waals surface area contributed by atoms with E-state index in [9.17, 15) is 9.90 Å². The number of aromatic nitrogens is 1. The molecule has 2 heterocycles. The molecule has 5 heteroatoms. The van der Waals surface area contributed by atoms with Crippen LogP contribution in [0.5, 0.6) is 11.5 Å². The molecule has 0 fully saturated rings. The monoisotopic (exact) mass is 711 g/mol. The van der Waals surface area contributed by atoms with Gasteiger partial charge in [0.2, 0.25) is 0 Å². The second-order valence-electron chi connectivity index (χ2n) is 10.8. The Balaban J connectivity index is 0.000000272. The van der Waals surface area contributed by atoms with Crippen molar-refractivity contribution in [3.8, 4) is 45.0 Å². The average Bonchev–Trinajstić information content (AvgIpc) is 3.02. The molecule has 1 aliphatic rings. The third-order valence-corrected chi connectivity index (χ3v) is 6.25.